The maximum Gasteiger partial charge on any atom is 0.326 e. The number of thiol groups is 2. The number of hydrogen-bond donors (Lipinski definition) is 13. The number of nitrogens with one attached hydrogen (secondary N) is 6. The van der Waals surface area contributed by atoms with Crippen molar-refractivity contribution >= 4 is 84.4 Å². The first kappa shape index (κ1) is 52.4. The van der Waals surface area contributed by atoms with E-state index in [4.69, 9.17) is 17.2 Å². The highest BCUT2D eigenvalue weighted by molar-refractivity contribution is 7.80. The lowest BCUT2D eigenvalue weighted by molar-refractivity contribution is -0.152. The largest absolute Gasteiger partial charge is 0.480 e. The molecule has 0 spiro atoms. The van der Waals surface area contributed by atoms with Crippen LogP contribution in [-0.4, -0.2) is 171 Å². The minimum atomic E-state index is -1.62. The summed E-state index contributed by atoms with van der Waals surface area (Å²) in [6.07, 6.45) is 0.543. The molecule has 0 bridgehead atoms. The summed E-state index contributed by atoms with van der Waals surface area (Å²) in [6.45, 7) is 2.45. The Balaban J connectivity index is 2.03. The first-order chi connectivity index (χ1) is 28.8. The molecule has 2 rings (SSSR count). The summed E-state index contributed by atoms with van der Waals surface area (Å²) in [6, 6.07) is -9.73. The van der Waals surface area contributed by atoms with Crippen LogP contribution in [0.25, 0.3) is 0 Å². The van der Waals surface area contributed by atoms with Crippen LogP contribution in [0.15, 0.2) is 0 Å². The van der Waals surface area contributed by atoms with Crippen LogP contribution in [0.4, 0.5) is 0 Å². The summed E-state index contributed by atoms with van der Waals surface area (Å²) in [5.74, 6) is -8.47. The van der Waals surface area contributed by atoms with E-state index in [0.717, 1.165) is 0 Å². The van der Waals surface area contributed by atoms with Crippen LogP contribution >= 0.6 is 25.3 Å². The van der Waals surface area contributed by atoms with E-state index in [-0.39, 0.29) is 50.3 Å². The molecule has 0 aromatic heterocycles. The molecule has 0 aromatic rings. The number of carboxylic acid groups (broad SMARTS) is 1. The molecule has 0 saturated carbocycles. The van der Waals surface area contributed by atoms with E-state index in [2.05, 4.69) is 57.2 Å². The van der Waals surface area contributed by atoms with Gasteiger partial charge >= 0.3 is 5.97 Å². The molecule has 23 nitrogen and oxygen atoms in total. The van der Waals surface area contributed by atoms with E-state index in [1.165, 1.54) is 23.6 Å². The predicted octanol–water partition coefficient (Wildman–Crippen LogP) is -5.42. The Hall–Kier alpha value is -4.72. The first-order valence-corrected chi connectivity index (χ1v) is 21.3. The molecule has 0 unspecified atom stereocenters. The zero-order valence-electron chi connectivity index (χ0n) is 34.3. The first-order valence-electron chi connectivity index (χ1n) is 20.0. The predicted molar refractivity (Wildman–Crippen MR) is 224 cm³/mol. The molecular weight excluding hydrogens is 843 g/mol. The molecular formula is C36H61N11O12S2. The van der Waals surface area contributed by atoms with Crippen LogP contribution in [0.1, 0.15) is 71.6 Å². The van der Waals surface area contributed by atoms with Crippen molar-refractivity contribution in [3.63, 3.8) is 0 Å². The Morgan fingerprint density at radius 2 is 1.30 bits per heavy atom. The van der Waals surface area contributed by atoms with Gasteiger partial charge in [-0.3, -0.25) is 43.2 Å². The number of carboxylic acids is 1. The number of amides is 9. The highest BCUT2D eigenvalue weighted by Crippen LogP contribution is 2.25. The Bertz CT molecular complexity index is 1610. The number of hydrogen-bond acceptors (Lipinski definition) is 15. The van der Waals surface area contributed by atoms with E-state index >= 15 is 0 Å². The van der Waals surface area contributed by atoms with Crippen molar-refractivity contribution in [2.75, 3.05) is 37.7 Å². The summed E-state index contributed by atoms with van der Waals surface area (Å²) in [5.41, 5.74) is 16.6. The number of rotatable bonds is 25. The van der Waals surface area contributed by atoms with Crippen molar-refractivity contribution in [3.05, 3.63) is 0 Å². The Kier molecular flexibility index (Phi) is 22.3. The third-order valence-corrected chi connectivity index (χ3v) is 10.9. The van der Waals surface area contributed by atoms with Gasteiger partial charge in [0.2, 0.25) is 53.2 Å². The summed E-state index contributed by atoms with van der Waals surface area (Å²) in [4.78, 5) is 131. The normalized spacial score (nSPS) is 19.5. The van der Waals surface area contributed by atoms with Gasteiger partial charge in [0.1, 0.15) is 42.3 Å². The summed E-state index contributed by atoms with van der Waals surface area (Å²) in [7, 11) is 0. The van der Waals surface area contributed by atoms with E-state index in [9.17, 15) is 58.2 Å². The number of unbranched alkanes of at least 4 members (excludes halogenated alkanes) is 1. The molecule has 2 aliphatic rings. The molecule has 2 aliphatic heterocycles. The maximum absolute atomic E-state index is 13.6. The SMILES string of the molecule is C[C@H](NC(=O)[C@H](CCC(N)=O)NC(=O)[C@H](CCCCN)NC(=O)[C@@H](N)CS)C(=O)NCC(=O)N[C@H](C(=O)N[C@@H](CS)C(=O)N1CCC[C@H]1C(=O)N1CCC[C@H]1C(=O)O)[C@@H](C)O. The molecule has 14 N–H and O–H groups in total. The fraction of sp³-hybridized carbons (Fsp3) is 0.722. The van der Waals surface area contributed by atoms with Crippen LogP contribution in [0.2, 0.25) is 0 Å². The number of carbonyl (C=O) groups is 10. The van der Waals surface area contributed by atoms with Crippen LogP contribution in [-0.2, 0) is 47.9 Å². The molecule has 2 saturated heterocycles. The monoisotopic (exact) mass is 903 g/mol. The highest BCUT2D eigenvalue weighted by atomic mass is 32.1. The molecule has 2 heterocycles. The van der Waals surface area contributed by atoms with Crippen molar-refractivity contribution < 1.29 is 58.2 Å². The molecule has 0 radical (unpaired) electrons. The van der Waals surface area contributed by atoms with E-state index in [0.29, 0.717) is 38.6 Å². The maximum atomic E-state index is 13.6. The lowest BCUT2D eigenvalue weighted by Gasteiger charge is -2.32. The van der Waals surface area contributed by atoms with Crippen molar-refractivity contribution in [2.24, 2.45) is 17.2 Å². The topological polar surface area (TPSA) is 368 Å². The van der Waals surface area contributed by atoms with Crippen molar-refractivity contribution in [1.29, 1.82) is 0 Å². The quantitative estimate of drug-likeness (QED) is 0.0301. The zero-order chi connectivity index (χ0) is 46.0. The van der Waals surface area contributed by atoms with Crippen LogP contribution in [0.5, 0.6) is 0 Å². The Morgan fingerprint density at radius 1 is 0.721 bits per heavy atom. The van der Waals surface area contributed by atoms with Gasteiger partial charge in [-0.25, -0.2) is 4.79 Å². The van der Waals surface area contributed by atoms with Gasteiger partial charge in [-0.15, -0.1) is 0 Å². The van der Waals surface area contributed by atoms with E-state index in [1.807, 2.05) is 0 Å². The van der Waals surface area contributed by atoms with Gasteiger partial charge in [-0.2, -0.15) is 25.3 Å². The van der Waals surface area contributed by atoms with Crippen LogP contribution in [0, 0.1) is 0 Å². The number of aliphatic carboxylic acids is 1. The fourth-order valence-corrected chi connectivity index (χ4v) is 7.11. The minimum absolute atomic E-state index is 0.00579. The number of aliphatic hydroxyl groups excluding tert-OH is 1. The van der Waals surface area contributed by atoms with Gasteiger partial charge < -0.3 is 69.1 Å². The Morgan fingerprint density at radius 3 is 1.87 bits per heavy atom. The smallest absolute Gasteiger partial charge is 0.326 e. The third kappa shape index (κ3) is 16.2. The van der Waals surface area contributed by atoms with E-state index in [1.54, 1.807) is 0 Å². The van der Waals surface area contributed by atoms with E-state index < -0.39 is 120 Å². The second-order valence-electron chi connectivity index (χ2n) is 14.9. The molecule has 9 amide bonds. The number of likely N-dealkylation sites (tertiary alicyclic amines) is 2. The second kappa shape index (κ2) is 25.9. The molecule has 344 valence electrons. The summed E-state index contributed by atoms with van der Waals surface area (Å²) < 4.78 is 0. The molecule has 61 heavy (non-hydrogen) atoms. The van der Waals surface area contributed by atoms with Crippen LogP contribution in [0.3, 0.4) is 0 Å². The third-order valence-electron chi connectivity index (χ3n) is 10.1. The van der Waals surface area contributed by atoms with Gasteiger partial charge in [0, 0.05) is 31.0 Å². The molecule has 0 aromatic carbocycles. The van der Waals surface area contributed by atoms with Gasteiger partial charge in [0.25, 0.3) is 0 Å². The number of aliphatic hydroxyl groups is 1. The average molecular weight is 904 g/mol. The van der Waals surface area contributed by atoms with Gasteiger partial charge in [0.05, 0.1) is 18.7 Å². The summed E-state index contributed by atoms with van der Waals surface area (Å²) in [5, 5.41) is 34.3. The molecule has 25 heteroatoms. The van der Waals surface area contributed by atoms with Crippen molar-refractivity contribution in [1.82, 2.24) is 41.7 Å². The van der Waals surface area contributed by atoms with Crippen LogP contribution < -0.4 is 49.1 Å². The number of primary amides is 1. The van der Waals surface area contributed by atoms with Gasteiger partial charge in [-0.05, 0) is 71.8 Å². The van der Waals surface area contributed by atoms with Gasteiger partial charge in [-0.1, -0.05) is 0 Å². The molecule has 0 aliphatic carbocycles. The Labute approximate surface area is 364 Å². The van der Waals surface area contributed by atoms with Gasteiger partial charge in [0.15, 0.2) is 0 Å². The minimum Gasteiger partial charge on any atom is -0.480 e. The lowest BCUT2D eigenvalue weighted by Crippen LogP contribution is -2.60. The second-order valence-corrected chi connectivity index (χ2v) is 15.6. The average Bonchev–Trinajstić information content (AvgIpc) is 3.92. The zero-order valence-corrected chi connectivity index (χ0v) is 36.1. The number of nitrogens with zero attached hydrogens (tertiary/aromatic N) is 2. The van der Waals surface area contributed by atoms with Crippen molar-refractivity contribution in [3.8, 4) is 0 Å². The number of carbonyl (C=O) groups excluding carboxylic acids is 9. The molecule has 2 fully saturated rings. The van der Waals surface area contributed by atoms with Crippen molar-refractivity contribution in [2.45, 2.75) is 126 Å². The fourth-order valence-electron chi connectivity index (χ4n) is 6.69. The highest BCUT2D eigenvalue weighted by Gasteiger charge is 2.44. The molecule has 9 atom stereocenters. The number of nitrogens with two attached hydrogens (primary N) is 3. The standard InChI is InChI=1S/C36H61N11O12S2/c1-18(41-31(53)22(10-11-26(39)49)43-32(54)21(7-3-4-12-37)42-30(52)20(38)16-60)29(51)40-15-27(50)45-28(19(2)48)33(55)44-23(17-61)34(56)46-13-5-8-24(46)35(57)47-14-6-9-25(47)36(58)59/h18-25,28,48,60-61H,3-17,37-38H2,1-2H3,(H2,39,49)(H,40,51)(H,41,53)(H,42,52)(H,43,54)(H,44,55)(H,45,50)(H,58,59)/t18-,19+,20-,21-,22-,23-,24-,25-,28-/m0/s1. The lowest BCUT2D eigenvalue weighted by atomic mass is 10.1. The summed E-state index contributed by atoms with van der Waals surface area (Å²) >= 11 is 8.18.